The number of aliphatic hydroxyl groups excluding tert-OH is 1. The third-order valence-corrected chi connectivity index (χ3v) is 4.56. The largest absolute Gasteiger partial charge is 0.508 e. The number of nitrogens with zero attached hydrogens (tertiary/aromatic N) is 1. The van der Waals surface area contributed by atoms with Crippen molar-refractivity contribution in [1.29, 1.82) is 0 Å². The van der Waals surface area contributed by atoms with Crippen molar-refractivity contribution in [1.82, 2.24) is 4.90 Å². The van der Waals surface area contributed by atoms with E-state index in [0.717, 1.165) is 31.5 Å². The van der Waals surface area contributed by atoms with Gasteiger partial charge in [-0.15, -0.1) is 0 Å². The second-order valence-corrected chi connectivity index (χ2v) is 6.37. The number of aliphatic hydroxyl groups is 1. The van der Waals surface area contributed by atoms with Gasteiger partial charge in [0, 0.05) is 37.5 Å². The highest BCUT2D eigenvalue weighted by Gasteiger charge is 2.20. The number of phenolic OH excluding ortho intramolecular Hbond substituents is 1. The summed E-state index contributed by atoms with van der Waals surface area (Å²) in [5.74, 6) is -0.223. The van der Waals surface area contributed by atoms with Gasteiger partial charge in [-0.3, -0.25) is 4.79 Å². The summed E-state index contributed by atoms with van der Waals surface area (Å²) in [4.78, 5) is 26.6. The zero-order valence-electron chi connectivity index (χ0n) is 13.6. The quantitative estimate of drug-likeness (QED) is 0.656. The number of likely N-dealkylation sites (tertiary alicyclic amines) is 1. The molecule has 0 atom stereocenters. The van der Waals surface area contributed by atoms with Gasteiger partial charge in [0.25, 0.3) is 0 Å². The highest BCUT2D eigenvalue weighted by molar-refractivity contribution is 5.98. The Morgan fingerprint density at radius 1 is 1.29 bits per heavy atom. The van der Waals surface area contributed by atoms with E-state index in [1.165, 1.54) is 6.07 Å². The number of fused-ring (bicyclic) bond motifs is 1. The highest BCUT2D eigenvalue weighted by Crippen LogP contribution is 2.24. The van der Waals surface area contributed by atoms with Crippen LogP contribution in [0.5, 0.6) is 5.75 Å². The summed E-state index contributed by atoms with van der Waals surface area (Å²) in [6.45, 7) is 3.88. The minimum atomic E-state index is -0.674. The molecule has 1 aromatic carbocycles. The SMILES string of the molecule is Cc1cc(O)cc2oc(=O)c(C(=O)CCN3CCC(O)CC3)cc12. The Kier molecular flexibility index (Phi) is 4.69. The van der Waals surface area contributed by atoms with Crippen LogP contribution in [-0.4, -0.2) is 46.6 Å². The molecule has 1 fully saturated rings. The second kappa shape index (κ2) is 6.75. The van der Waals surface area contributed by atoms with E-state index in [4.69, 9.17) is 4.42 Å². The van der Waals surface area contributed by atoms with Gasteiger partial charge in [0.1, 0.15) is 16.9 Å². The Hall–Kier alpha value is -2.18. The van der Waals surface area contributed by atoms with Crippen LogP contribution in [0, 0.1) is 6.92 Å². The second-order valence-electron chi connectivity index (χ2n) is 6.37. The molecule has 0 unspecified atom stereocenters. The molecule has 0 saturated carbocycles. The van der Waals surface area contributed by atoms with Gasteiger partial charge in [-0.1, -0.05) is 0 Å². The number of benzene rings is 1. The van der Waals surface area contributed by atoms with Crippen LogP contribution in [-0.2, 0) is 0 Å². The Bertz CT molecular complexity index is 818. The van der Waals surface area contributed by atoms with Crippen LogP contribution in [0.15, 0.2) is 27.4 Å². The molecule has 1 aromatic heterocycles. The van der Waals surface area contributed by atoms with Gasteiger partial charge in [-0.25, -0.2) is 4.79 Å². The van der Waals surface area contributed by atoms with Gasteiger partial charge in [0.15, 0.2) is 5.78 Å². The minimum absolute atomic E-state index is 0.0227. The number of ketones is 1. The first kappa shape index (κ1) is 16.7. The monoisotopic (exact) mass is 331 g/mol. The maximum absolute atomic E-state index is 12.4. The van der Waals surface area contributed by atoms with Crippen molar-refractivity contribution in [3.8, 4) is 5.75 Å². The molecule has 6 heteroatoms. The van der Waals surface area contributed by atoms with E-state index in [2.05, 4.69) is 4.90 Å². The molecular weight excluding hydrogens is 310 g/mol. The fourth-order valence-electron chi connectivity index (χ4n) is 3.11. The summed E-state index contributed by atoms with van der Waals surface area (Å²) in [5.41, 5.74) is 0.395. The van der Waals surface area contributed by atoms with Crippen LogP contribution in [0.25, 0.3) is 11.0 Å². The Labute approximate surface area is 139 Å². The van der Waals surface area contributed by atoms with E-state index >= 15 is 0 Å². The van der Waals surface area contributed by atoms with Gasteiger partial charge >= 0.3 is 5.63 Å². The molecule has 128 valence electrons. The van der Waals surface area contributed by atoms with E-state index in [-0.39, 0.29) is 35.2 Å². The van der Waals surface area contributed by atoms with Crippen LogP contribution in [0.3, 0.4) is 0 Å². The summed E-state index contributed by atoms with van der Waals surface area (Å²) < 4.78 is 5.20. The standard InChI is InChI=1S/C18H21NO5/c1-11-8-13(21)9-17-14(11)10-15(18(23)24-17)16(22)4-7-19-5-2-12(20)3-6-19/h8-10,12,20-21H,2-7H2,1H3. The van der Waals surface area contributed by atoms with Crippen LogP contribution in [0.1, 0.15) is 35.2 Å². The molecule has 0 aliphatic carbocycles. The molecule has 0 spiro atoms. The number of piperidine rings is 1. The predicted molar refractivity (Wildman–Crippen MR) is 89.5 cm³/mol. The Balaban J connectivity index is 1.77. The Morgan fingerprint density at radius 2 is 2.00 bits per heavy atom. The number of hydrogen-bond acceptors (Lipinski definition) is 6. The van der Waals surface area contributed by atoms with Crippen molar-refractivity contribution >= 4 is 16.8 Å². The van der Waals surface area contributed by atoms with Crippen LogP contribution in [0.4, 0.5) is 0 Å². The first-order chi connectivity index (χ1) is 11.4. The molecule has 2 heterocycles. The molecule has 0 radical (unpaired) electrons. The molecule has 3 rings (SSSR count). The zero-order chi connectivity index (χ0) is 17.3. The average Bonchev–Trinajstić information content (AvgIpc) is 2.53. The number of aromatic hydroxyl groups is 1. The summed E-state index contributed by atoms with van der Waals surface area (Å²) in [6, 6.07) is 4.49. The van der Waals surface area contributed by atoms with E-state index in [1.54, 1.807) is 19.1 Å². The third-order valence-electron chi connectivity index (χ3n) is 4.56. The molecule has 1 saturated heterocycles. The van der Waals surface area contributed by atoms with Crippen LogP contribution < -0.4 is 5.63 Å². The predicted octanol–water partition coefficient (Wildman–Crippen LogP) is 1.84. The smallest absolute Gasteiger partial charge is 0.347 e. The van der Waals surface area contributed by atoms with Crippen LogP contribution >= 0.6 is 0 Å². The summed E-state index contributed by atoms with van der Waals surface area (Å²) in [5, 5.41) is 19.7. The lowest BCUT2D eigenvalue weighted by molar-refractivity contribution is 0.0777. The van der Waals surface area contributed by atoms with Crippen molar-refractivity contribution in [3.05, 3.63) is 39.7 Å². The number of rotatable bonds is 4. The molecule has 0 amide bonds. The van der Waals surface area contributed by atoms with E-state index in [0.29, 0.717) is 11.9 Å². The van der Waals surface area contributed by atoms with Gasteiger partial charge in [0.05, 0.1) is 6.10 Å². The number of phenols is 1. The van der Waals surface area contributed by atoms with E-state index < -0.39 is 5.63 Å². The van der Waals surface area contributed by atoms with E-state index in [1.807, 2.05) is 0 Å². The number of carbonyl (C=O) groups is 1. The van der Waals surface area contributed by atoms with Gasteiger partial charge in [-0.05, 0) is 37.5 Å². The first-order valence-electron chi connectivity index (χ1n) is 8.15. The molecule has 1 aliphatic rings. The average molecular weight is 331 g/mol. The number of hydrogen-bond donors (Lipinski definition) is 2. The zero-order valence-corrected chi connectivity index (χ0v) is 13.6. The van der Waals surface area contributed by atoms with Crippen molar-refractivity contribution < 1.29 is 19.4 Å². The first-order valence-corrected chi connectivity index (χ1v) is 8.15. The summed E-state index contributed by atoms with van der Waals surface area (Å²) in [7, 11) is 0. The number of carbonyl (C=O) groups excluding carboxylic acids is 1. The summed E-state index contributed by atoms with van der Waals surface area (Å²) in [6.07, 6.45) is 1.43. The highest BCUT2D eigenvalue weighted by atomic mass is 16.4. The number of Topliss-reactive ketones (excluding diaryl/α,β-unsaturated/α-hetero) is 1. The molecule has 24 heavy (non-hydrogen) atoms. The fraction of sp³-hybridized carbons (Fsp3) is 0.444. The Morgan fingerprint density at radius 3 is 2.71 bits per heavy atom. The van der Waals surface area contributed by atoms with Crippen molar-refractivity contribution in [2.24, 2.45) is 0 Å². The lowest BCUT2D eigenvalue weighted by Gasteiger charge is -2.29. The van der Waals surface area contributed by atoms with E-state index in [9.17, 15) is 19.8 Å². The van der Waals surface area contributed by atoms with Gasteiger partial charge in [0.2, 0.25) is 0 Å². The van der Waals surface area contributed by atoms with Gasteiger partial charge < -0.3 is 19.5 Å². The van der Waals surface area contributed by atoms with Crippen molar-refractivity contribution in [3.63, 3.8) is 0 Å². The van der Waals surface area contributed by atoms with Gasteiger partial charge in [-0.2, -0.15) is 0 Å². The number of aryl methyl sites for hydroxylation is 1. The minimum Gasteiger partial charge on any atom is -0.508 e. The molecular formula is C18H21NO5. The van der Waals surface area contributed by atoms with Crippen molar-refractivity contribution in [2.45, 2.75) is 32.3 Å². The molecule has 2 N–H and O–H groups in total. The fourth-order valence-corrected chi connectivity index (χ4v) is 3.11. The third kappa shape index (κ3) is 3.49. The maximum Gasteiger partial charge on any atom is 0.347 e. The maximum atomic E-state index is 12.4. The molecule has 1 aliphatic heterocycles. The topological polar surface area (TPSA) is 91.0 Å². The summed E-state index contributed by atoms with van der Waals surface area (Å²) >= 11 is 0. The molecule has 0 bridgehead atoms. The van der Waals surface area contributed by atoms with Crippen molar-refractivity contribution in [2.75, 3.05) is 19.6 Å². The lowest BCUT2D eigenvalue weighted by atomic mass is 10.0. The molecule has 6 nitrogen and oxygen atoms in total. The lowest BCUT2D eigenvalue weighted by Crippen LogP contribution is -2.37. The molecule has 2 aromatic rings. The van der Waals surface area contributed by atoms with Crippen LogP contribution in [0.2, 0.25) is 0 Å². The normalized spacial score (nSPS) is 16.6.